The van der Waals surface area contributed by atoms with E-state index >= 15 is 0 Å². The average molecular weight is 263 g/mol. The van der Waals surface area contributed by atoms with E-state index in [4.69, 9.17) is 10.5 Å². The molecular formula is C14H21N3O2. The van der Waals surface area contributed by atoms with Crippen LogP contribution in [0.2, 0.25) is 0 Å². The van der Waals surface area contributed by atoms with Crippen molar-refractivity contribution in [2.75, 3.05) is 40.3 Å². The minimum Gasteiger partial charge on any atom is -0.496 e. The van der Waals surface area contributed by atoms with Crippen molar-refractivity contribution < 1.29 is 9.53 Å². The van der Waals surface area contributed by atoms with Gasteiger partial charge in [0.15, 0.2) is 0 Å². The molecule has 19 heavy (non-hydrogen) atoms. The van der Waals surface area contributed by atoms with Crippen LogP contribution in [0.15, 0.2) is 24.3 Å². The van der Waals surface area contributed by atoms with E-state index in [0.29, 0.717) is 6.54 Å². The van der Waals surface area contributed by atoms with Gasteiger partial charge in [-0.05, 0) is 13.1 Å². The van der Waals surface area contributed by atoms with Gasteiger partial charge in [0.25, 0.3) is 0 Å². The van der Waals surface area contributed by atoms with E-state index in [1.54, 1.807) is 7.11 Å². The smallest absolute Gasteiger partial charge is 0.236 e. The third-order valence-electron chi connectivity index (χ3n) is 3.67. The lowest BCUT2D eigenvalue weighted by atomic mass is 10.0. The Morgan fingerprint density at radius 2 is 2.16 bits per heavy atom. The fraction of sp³-hybridized carbons (Fsp3) is 0.500. The third-order valence-corrected chi connectivity index (χ3v) is 3.67. The van der Waals surface area contributed by atoms with Crippen LogP contribution in [0.4, 0.5) is 0 Å². The number of ether oxygens (including phenoxy) is 1. The highest BCUT2D eigenvalue weighted by Crippen LogP contribution is 2.30. The van der Waals surface area contributed by atoms with Gasteiger partial charge in [-0.3, -0.25) is 9.69 Å². The Morgan fingerprint density at radius 1 is 1.42 bits per heavy atom. The molecule has 1 aromatic carbocycles. The Morgan fingerprint density at radius 3 is 2.84 bits per heavy atom. The largest absolute Gasteiger partial charge is 0.496 e. The first-order chi connectivity index (χ1) is 9.17. The molecule has 2 rings (SSSR count). The number of piperazine rings is 1. The summed E-state index contributed by atoms with van der Waals surface area (Å²) in [6.45, 7) is 2.31. The fourth-order valence-electron chi connectivity index (χ4n) is 2.51. The molecule has 1 atom stereocenters. The number of nitrogens with zero attached hydrogens (tertiary/aromatic N) is 2. The zero-order chi connectivity index (χ0) is 13.8. The highest BCUT2D eigenvalue weighted by molar-refractivity contribution is 5.78. The topological polar surface area (TPSA) is 58.8 Å². The van der Waals surface area contributed by atoms with Gasteiger partial charge in [0.2, 0.25) is 5.91 Å². The molecule has 0 saturated carbocycles. The molecule has 0 bridgehead atoms. The van der Waals surface area contributed by atoms with Crippen molar-refractivity contribution in [3.8, 4) is 5.75 Å². The van der Waals surface area contributed by atoms with Gasteiger partial charge < -0.3 is 15.4 Å². The molecule has 1 saturated heterocycles. The zero-order valence-electron chi connectivity index (χ0n) is 11.5. The first kappa shape index (κ1) is 13.8. The van der Waals surface area contributed by atoms with Crippen LogP contribution in [-0.4, -0.2) is 56.0 Å². The van der Waals surface area contributed by atoms with E-state index in [-0.39, 0.29) is 18.5 Å². The number of rotatable bonds is 3. The Bertz CT molecular complexity index is 450. The van der Waals surface area contributed by atoms with Crippen LogP contribution in [0.5, 0.6) is 5.75 Å². The molecule has 2 N–H and O–H groups in total. The number of nitrogens with two attached hydrogens (primary N) is 1. The van der Waals surface area contributed by atoms with Crippen molar-refractivity contribution in [1.29, 1.82) is 0 Å². The number of benzene rings is 1. The summed E-state index contributed by atoms with van der Waals surface area (Å²) in [6.07, 6.45) is 0. The van der Waals surface area contributed by atoms with Crippen molar-refractivity contribution in [2.45, 2.75) is 6.04 Å². The SMILES string of the molecule is COc1ccccc1C1CN(C(=O)CN)CCN1C. The highest BCUT2D eigenvalue weighted by atomic mass is 16.5. The molecule has 1 aliphatic heterocycles. The van der Waals surface area contributed by atoms with Gasteiger partial charge in [-0.2, -0.15) is 0 Å². The number of carbonyl (C=O) groups excluding carboxylic acids is 1. The minimum absolute atomic E-state index is 0.00741. The second-order valence-corrected chi connectivity index (χ2v) is 4.78. The molecule has 0 radical (unpaired) electrons. The number of hydrogen-bond acceptors (Lipinski definition) is 4. The number of likely N-dealkylation sites (N-methyl/N-ethyl adjacent to an activating group) is 1. The molecule has 104 valence electrons. The lowest BCUT2D eigenvalue weighted by Gasteiger charge is -2.40. The number of carbonyl (C=O) groups is 1. The zero-order valence-corrected chi connectivity index (χ0v) is 11.5. The maximum Gasteiger partial charge on any atom is 0.236 e. The van der Waals surface area contributed by atoms with Gasteiger partial charge in [-0.1, -0.05) is 18.2 Å². The van der Waals surface area contributed by atoms with E-state index < -0.39 is 0 Å². The van der Waals surface area contributed by atoms with Gasteiger partial charge in [-0.25, -0.2) is 0 Å². The molecule has 0 aliphatic carbocycles. The lowest BCUT2D eigenvalue weighted by Crippen LogP contribution is -2.50. The van der Waals surface area contributed by atoms with Crippen molar-refractivity contribution >= 4 is 5.91 Å². The molecule has 1 fully saturated rings. The molecule has 1 heterocycles. The van der Waals surface area contributed by atoms with Crippen molar-refractivity contribution in [2.24, 2.45) is 5.73 Å². The third kappa shape index (κ3) is 2.88. The van der Waals surface area contributed by atoms with E-state index in [1.807, 2.05) is 23.1 Å². The van der Waals surface area contributed by atoms with Crippen LogP contribution in [-0.2, 0) is 4.79 Å². The van der Waals surface area contributed by atoms with Crippen LogP contribution in [0.3, 0.4) is 0 Å². The molecule has 1 amide bonds. The Balaban J connectivity index is 2.23. The molecule has 5 heteroatoms. The molecule has 1 unspecified atom stereocenters. The number of methoxy groups -OCH3 is 1. The van der Waals surface area contributed by atoms with Crippen molar-refractivity contribution in [3.63, 3.8) is 0 Å². The first-order valence-electron chi connectivity index (χ1n) is 6.48. The average Bonchev–Trinajstić information content (AvgIpc) is 2.47. The quantitative estimate of drug-likeness (QED) is 0.861. The standard InChI is InChI=1S/C14H21N3O2/c1-16-7-8-17(14(18)9-15)10-12(16)11-5-3-4-6-13(11)19-2/h3-6,12H,7-10,15H2,1-2H3. The van der Waals surface area contributed by atoms with Crippen LogP contribution in [0.1, 0.15) is 11.6 Å². The van der Waals surface area contributed by atoms with Gasteiger partial charge >= 0.3 is 0 Å². The van der Waals surface area contributed by atoms with Crippen LogP contribution in [0, 0.1) is 0 Å². The molecular weight excluding hydrogens is 242 g/mol. The predicted octanol–water partition coefficient (Wildman–Crippen LogP) is 0.469. The second kappa shape index (κ2) is 6.04. The monoisotopic (exact) mass is 263 g/mol. The Kier molecular flexibility index (Phi) is 4.39. The van der Waals surface area contributed by atoms with Crippen molar-refractivity contribution in [1.82, 2.24) is 9.80 Å². The van der Waals surface area contributed by atoms with Crippen molar-refractivity contribution in [3.05, 3.63) is 29.8 Å². The number of amides is 1. The molecule has 1 aliphatic rings. The highest BCUT2D eigenvalue weighted by Gasteiger charge is 2.29. The summed E-state index contributed by atoms with van der Waals surface area (Å²) in [4.78, 5) is 15.8. The summed E-state index contributed by atoms with van der Waals surface area (Å²) in [5.74, 6) is 0.870. The minimum atomic E-state index is 0.00741. The molecule has 5 nitrogen and oxygen atoms in total. The number of hydrogen-bond donors (Lipinski definition) is 1. The van der Waals surface area contributed by atoms with Gasteiger partial charge in [0.05, 0.1) is 19.7 Å². The van der Waals surface area contributed by atoms with Crippen LogP contribution >= 0.6 is 0 Å². The summed E-state index contributed by atoms with van der Waals surface area (Å²) in [5.41, 5.74) is 6.56. The van der Waals surface area contributed by atoms with E-state index in [2.05, 4.69) is 18.0 Å². The summed E-state index contributed by atoms with van der Waals surface area (Å²) in [6, 6.07) is 8.10. The molecule has 0 spiro atoms. The molecule has 0 aromatic heterocycles. The van der Waals surface area contributed by atoms with Gasteiger partial charge in [0, 0.05) is 25.2 Å². The van der Waals surface area contributed by atoms with E-state index in [0.717, 1.165) is 24.4 Å². The fourth-order valence-corrected chi connectivity index (χ4v) is 2.51. The van der Waals surface area contributed by atoms with Crippen LogP contribution < -0.4 is 10.5 Å². The maximum atomic E-state index is 11.8. The normalized spacial score (nSPS) is 20.4. The maximum absolute atomic E-state index is 11.8. The summed E-state index contributed by atoms with van der Waals surface area (Å²) < 4.78 is 5.41. The Hall–Kier alpha value is -1.59. The van der Waals surface area contributed by atoms with E-state index in [9.17, 15) is 4.79 Å². The van der Waals surface area contributed by atoms with Gasteiger partial charge in [0.1, 0.15) is 5.75 Å². The van der Waals surface area contributed by atoms with Crippen LogP contribution in [0.25, 0.3) is 0 Å². The first-order valence-corrected chi connectivity index (χ1v) is 6.48. The van der Waals surface area contributed by atoms with Gasteiger partial charge in [-0.15, -0.1) is 0 Å². The number of para-hydroxylation sites is 1. The summed E-state index contributed by atoms with van der Waals surface area (Å²) in [7, 11) is 3.74. The van der Waals surface area contributed by atoms with E-state index in [1.165, 1.54) is 0 Å². The Labute approximate surface area is 113 Å². The second-order valence-electron chi connectivity index (χ2n) is 4.78. The summed E-state index contributed by atoms with van der Waals surface area (Å²) in [5, 5.41) is 0. The molecule has 1 aromatic rings. The predicted molar refractivity (Wildman–Crippen MR) is 74.0 cm³/mol. The summed E-state index contributed by atoms with van der Waals surface area (Å²) >= 11 is 0. The lowest BCUT2D eigenvalue weighted by molar-refractivity contribution is -0.132.